The Kier molecular flexibility index (Phi) is 1.65. The predicted octanol–water partition coefficient (Wildman–Crippen LogP) is 2.16. The Morgan fingerprint density at radius 3 is 3.00 bits per heavy atom. The zero-order valence-electron chi connectivity index (χ0n) is 5.93. The van der Waals surface area contributed by atoms with Crippen molar-refractivity contribution in [3.05, 3.63) is 28.0 Å². The van der Waals surface area contributed by atoms with Gasteiger partial charge in [0, 0.05) is 4.47 Å². The van der Waals surface area contributed by atoms with Crippen LogP contribution in [0.5, 0.6) is 5.75 Å². The summed E-state index contributed by atoms with van der Waals surface area (Å²) in [5.41, 5.74) is 0.0678. The second kappa shape index (κ2) is 2.55. The van der Waals surface area contributed by atoms with Crippen molar-refractivity contribution >= 4 is 21.7 Å². The van der Waals surface area contributed by atoms with Crippen molar-refractivity contribution in [3.63, 3.8) is 0 Å². The summed E-state index contributed by atoms with van der Waals surface area (Å²) >= 11 is 3.10. The molecule has 0 fully saturated rings. The fraction of sp³-hybridized carbons (Fsp3) is 0.125. The molecular formula is C8H4BrFO2. The number of hydrogen-bond donors (Lipinski definition) is 0. The Morgan fingerprint density at radius 1 is 1.50 bits per heavy atom. The van der Waals surface area contributed by atoms with E-state index in [2.05, 4.69) is 15.9 Å². The molecule has 1 aromatic rings. The van der Waals surface area contributed by atoms with E-state index in [4.69, 9.17) is 4.74 Å². The van der Waals surface area contributed by atoms with Crippen molar-refractivity contribution in [2.75, 3.05) is 6.61 Å². The van der Waals surface area contributed by atoms with Gasteiger partial charge in [0.05, 0.1) is 5.56 Å². The molecule has 1 aliphatic rings. The molecule has 0 unspecified atom stereocenters. The van der Waals surface area contributed by atoms with Gasteiger partial charge in [-0.1, -0.05) is 15.9 Å². The summed E-state index contributed by atoms with van der Waals surface area (Å²) < 4.78 is 18.6. The van der Waals surface area contributed by atoms with E-state index >= 15 is 0 Å². The van der Waals surface area contributed by atoms with Gasteiger partial charge in [-0.3, -0.25) is 4.79 Å². The number of carbonyl (C=O) groups excluding carboxylic acids is 1. The lowest BCUT2D eigenvalue weighted by Gasteiger charge is -1.98. The highest BCUT2D eigenvalue weighted by atomic mass is 79.9. The summed E-state index contributed by atoms with van der Waals surface area (Å²) in [4.78, 5) is 11.0. The Labute approximate surface area is 76.5 Å². The number of hydrogen-bond acceptors (Lipinski definition) is 2. The van der Waals surface area contributed by atoms with Gasteiger partial charge >= 0.3 is 0 Å². The lowest BCUT2D eigenvalue weighted by atomic mass is 10.1. The van der Waals surface area contributed by atoms with Crippen LogP contribution in [0.4, 0.5) is 4.39 Å². The summed E-state index contributed by atoms with van der Waals surface area (Å²) in [6, 6.07) is 2.84. The molecule has 0 saturated carbocycles. The topological polar surface area (TPSA) is 26.3 Å². The minimum Gasteiger partial charge on any atom is -0.485 e. The number of benzene rings is 1. The lowest BCUT2D eigenvalue weighted by molar-refractivity contribution is 0.0958. The zero-order chi connectivity index (χ0) is 8.72. The molecule has 2 nitrogen and oxygen atoms in total. The number of halogens is 2. The van der Waals surface area contributed by atoms with Gasteiger partial charge in [0.2, 0.25) is 5.78 Å². The van der Waals surface area contributed by atoms with E-state index in [0.29, 0.717) is 10.2 Å². The summed E-state index contributed by atoms with van der Waals surface area (Å²) in [5.74, 6) is -0.497. The van der Waals surface area contributed by atoms with Gasteiger partial charge in [0.15, 0.2) is 6.61 Å². The minimum absolute atomic E-state index is 0.0529. The van der Waals surface area contributed by atoms with E-state index in [1.165, 1.54) is 6.07 Å². The average molecular weight is 231 g/mol. The number of rotatable bonds is 0. The molecule has 0 saturated heterocycles. The van der Waals surface area contributed by atoms with Crippen LogP contribution in [0.25, 0.3) is 0 Å². The quantitative estimate of drug-likeness (QED) is 0.683. The number of ether oxygens (including phenoxy) is 1. The van der Waals surface area contributed by atoms with Crippen molar-refractivity contribution in [2.24, 2.45) is 0 Å². The number of Topliss-reactive ketones (excluding diaryl/α,β-unsaturated/α-hetero) is 1. The molecule has 0 aliphatic carbocycles. The van der Waals surface area contributed by atoms with Crippen molar-refractivity contribution < 1.29 is 13.9 Å². The number of fused-ring (bicyclic) bond motifs is 1. The monoisotopic (exact) mass is 230 g/mol. The van der Waals surface area contributed by atoms with Crippen LogP contribution in [0.2, 0.25) is 0 Å². The maximum atomic E-state index is 13.1. The second-order valence-electron chi connectivity index (χ2n) is 2.47. The van der Waals surface area contributed by atoms with Gasteiger partial charge in [-0.2, -0.15) is 0 Å². The van der Waals surface area contributed by atoms with Gasteiger partial charge in [0.25, 0.3) is 0 Å². The lowest BCUT2D eigenvalue weighted by Crippen LogP contribution is -2.00. The number of ketones is 1. The fourth-order valence-electron chi connectivity index (χ4n) is 1.15. The molecule has 0 N–H and O–H groups in total. The first kappa shape index (κ1) is 7.73. The average Bonchev–Trinajstić information content (AvgIpc) is 2.31. The smallest absolute Gasteiger partial charge is 0.206 e. The van der Waals surface area contributed by atoms with E-state index in [1.807, 2.05) is 0 Å². The second-order valence-corrected chi connectivity index (χ2v) is 3.39. The van der Waals surface area contributed by atoms with E-state index in [0.717, 1.165) is 0 Å². The molecule has 0 radical (unpaired) electrons. The summed E-state index contributed by atoms with van der Waals surface area (Å²) in [6.07, 6.45) is 0. The Balaban J connectivity index is 2.68. The third kappa shape index (κ3) is 1.03. The maximum Gasteiger partial charge on any atom is 0.206 e. The van der Waals surface area contributed by atoms with Crippen LogP contribution in [-0.4, -0.2) is 12.4 Å². The minimum atomic E-state index is -0.526. The van der Waals surface area contributed by atoms with E-state index in [-0.39, 0.29) is 18.0 Å². The van der Waals surface area contributed by atoms with Gasteiger partial charge < -0.3 is 4.74 Å². The SMILES string of the molecule is O=C1COc2cc(Br)cc(F)c21. The molecule has 62 valence electrons. The normalized spacial score (nSPS) is 14.3. The van der Waals surface area contributed by atoms with Crippen molar-refractivity contribution in [1.82, 2.24) is 0 Å². The van der Waals surface area contributed by atoms with Gasteiger partial charge in [0.1, 0.15) is 11.6 Å². The molecule has 0 bridgehead atoms. The first-order valence-corrected chi connectivity index (χ1v) is 4.13. The van der Waals surface area contributed by atoms with Crippen LogP contribution in [-0.2, 0) is 0 Å². The molecule has 0 aromatic heterocycles. The first-order chi connectivity index (χ1) is 5.68. The molecule has 0 amide bonds. The maximum absolute atomic E-state index is 13.1. The van der Waals surface area contributed by atoms with Crippen molar-refractivity contribution in [1.29, 1.82) is 0 Å². The molecule has 12 heavy (non-hydrogen) atoms. The summed E-state index contributed by atoms with van der Waals surface area (Å²) in [6.45, 7) is -0.0529. The summed E-state index contributed by atoms with van der Waals surface area (Å²) in [7, 11) is 0. The summed E-state index contributed by atoms with van der Waals surface area (Å²) in [5, 5.41) is 0. The molecular weight excluding hydrogens is 227 g/mol. The van der Waals surface area contributed by atoms with Gasteiger partial charge in [-0.25, -0.2) is 4.39 Å². The highest BCUT2D eigenvalue weighted by Gasteiger charge is 2.25. The fourth-order valence-corrected chi connectivity index (χ4v) is 1.56. The predicted molar refractivity (Wildman–Crippen MR) is 43.9 cm³/mol. The largest absolute Gasteiger partial charge is 0.485 e. The molecule has 2 rings (SSSR count). The molecule has 4 heteroatoms. The van der Waals surface area contributed by atoms with Crippen molar-refractivity contribution in [3.8, 4) is 5.75 Å². The number of carbonyl (C=O) groups is 1. The molecule has 1 aliphatic heterocycles. The van der Waals surface area contributed by atoms with Crippen LogP contribution in [0.1, 0.15) is 10.4 Å². The first-order valence-electron chi connectivity index (χ1n) is 3.33. The molecule has 1 aromatic carbocycles. The third-order valence-electron chi connectivity index (χ3n) is 1.66. The van der Waals surface area contributed by atoms with E-state index in [1.54, 1.807) is 6.07 Å². The molecule has 1 heterocycles. The van der Waals surface area contributed by atoms with E-state index < -0.39 is 5.82 Å². The zero-order valence-corrected chi connectivity index (χ0v) is 7.52. The van der Waals surface area contributed by atoms with Gasteiger partial charge in [-0.15, -0.1) is 0 Å². The Bertz CT molecular complexity index is 362. The Morgan fingerprint density at radius 2 is 2.25 bits per heavy atom. The molecule has 0 spiro atoms. The van der Waals surface area contributed by atoms with Crippen LogP contribution in [0, 0.1) is 5.82 Å². The highest BCUT2D eigenvalue weighted by molar-refractivity contribution is 9.10. The van der Waals surface area contributed by atoms with Crippen LogP contribution < -0.4 is 4.74 Å². The van der Waals surface area contributed by atoms with Crippen LogP contribution >= 0.6 is 15.9 Å². The standard InChI is InChI=1S/C8H4BrFO2/c9-4-1-5(10)8-6(11)3-12-7(8)2-4/h1-2H,3H2. The van der Waals surface area contributed by atoms with Crippen LogP contribution in [0.3, 0.4) is 0 Å². The highest BCUT2D eigenvalue weighted by Crippen LogP contribution is 2.30. The van der Waals surface area contributed by atoms with E-state index in [9.17, 15) is 9.18 Å². The van der Waals surface area contributed by atoms with Crippen molar-refractivity contribution in [2.45, 2.75) is 0 Å². The van der Waals surface area contributed by atoms with Crippen LogP contribution in [0.15, 0.2) is 16.6 Å². The Hall–Kier alpha value is -0.900. The van der Waals surface area contributed by atoms with Gasteiger partial charge in [-0.05, 0) is 12.1 Å². The third-order valence-corrected chi connectivity index (χ3v) is 2.11. The molecule has 0 atom stereocenters.